The van der Waals surface area contributed by atoms with Crippen LogP contribution in [0, 0.1) is 0 Å². The van der Waals surface area contributed by atoms with Crippen LogP contribution in [-0.2, 0) is 11.2 Å². The lowest BCUT2D eigenvalue weighted by atomic mass is 9.94. The van der Waals surface area contributed by atoms with E-state index in [2.05, 4.69) is 0 Å². The number of nitrogens with zero attached hydrogens (tertiary/aromatic N) is 2. The fourth-order valence-corrected chi connectivity index (χ4v) is 4.73. The van der Waals surface area contributed by atoms with Crippen molar-refractivity contribution in [1.82, 2.24) is 9.80 Å². The predicted octanol–water partition coefficient (Wildman–Crippen LogP) is 2.94. The molecule has 0 spiro atoms. The van der Waals surface area contributed by atoms with Gasteiger partial charge in [0.05, 0.1) is 0 Å². The summed E-state index contributed by atoms with van der Waals surface area (Å²) in [5.41, 5.74) is 1.07. The summed E-state index contributed by atoms with van der Waals surface area (Å²) in [6.45, 7) is 0.686. The Morgan fingerprint density at radius 2 is 1.95 bits per heavy atom. The van der Waals surface area contributed by atoms with Crippen molar-refractivity contribution in [2.45, 2.75) is 50.6 Å². The molecule has 0 radical (unpaired) electrons. The summed E-state index contributed by atoms with van der Waals surface area (Å²) in [7, 11) is 0. The molecular weight excluding hydrogens is 272 g/mol. The van der Waals surface area contributed by atoms with Crippen molar-refractivity contribution >= 4 is 23.3 Å². The average Bonchev–Trinajstić information content (AvgIpc) is 3.03. The quantitative estimate of drug-likeness (QED) is 0.746. The van der Waals surface area contributed by atoms with Crippen LogP contribution in [0.1, 0.15) is 48.6 Å². The zero-order valence-corrected chi connectivity index (χ0v) is 12.2. The summed E-state index contributed by atoms with van der Waals surface area (Å²) in [6, 6.07) is 1.77. The van der Waals surface area contributed by atoms with Gasteiger partial charge in [-0.2, -0.15) is 0 Å². The van der Waals surface area contributed by atoms with Crippen LogP contribution >= 0.6 is 11.3 Å². The molecule has 4 rings (SSSR count). The topological polar surface area (TPSA) is 40.6 Å². The fraction of sp³-hybridized carbons (Fsp3) is 0.600. The Hall–Kier alpha value is -1.36. The van der Waals surface area contributed by atoms with Crippen LogP contribution in [-0.4, -0.2) is 34.3 Å². The second-order valence-corrected chi connectivity index (χ2v) is 6.93. The van der Waals surface area contributed by atoms with Crippen LogP contribution in [0.3, 0.4) is 0 Å². The lowest BCUT2D eigenvalue weighted by molar-refractivity contribution is -0.130. The highest BCUT2D eigenvalue weighted by molar-refractivity contribution is 7.10. The number of hydrogen-bond donors (Lipinski definition) is 0. The number of hydrogen-bond acceptors (Lipinski definition) is 3. The van der Waals surface area contributed by atoms with Crippen LogP contribution in [0.25, 0.3) is 0 Å². The molecule has 0 bridgehead atoms. The fourth-order valence-electron chi connectivity index (χ4n) is 3.83. The maximum Gasteiger partial charge on any atom is 0.328 e. The highest BCUT2D eigenvalue weighted by atomic mass is 32.1. The van der Waals surface area contributed by atoms with E-state index >= 15 is 0 Å². The smallest absolute Gasteiger partial charge is 0.308 e. The van der Waals surface area contributed by atoms with Crippen molar-refractivity contribution in [1.29, 1.82) is 0 Å². The van der Waals surface area contributed by atoms with Gasteiger partial charge in [-0.1, -0.05) is 19.3 Å². The molecule has 2 fully saturated rings. The van der Waals surface area contributed by atoms with Gasteiger partial charge in [0.25, 0.3) is 5.91 Å². The Kier molecular flexibility index (Phi) is 2.84. The number of imide groups is 1. The van der Waals surface area contributed by atoms with Gasteiger partial charge >= 0.3 is 6.03 Å². The molecule has 1 aromatic rings. The summed E-state index contributed by atoms with van der Waals surface area (Å²) < 4.78 is 0. The minimum atomic E-state index is -0.334. The zero-order valence-electron chi connectivity index (χ0n) is 11.4. The molecule has 0 aromatic carbocycles. The van der Waals surface area contributed by atoms with E-state index in [4.69, 9.17) is 0 Å². The normalized spacial score (nSPS) is 26.9. The summed E-state index contributed by atoms with van der Waals surface area (Å²) in [6.07, 6.45) is 6.35. The monoisotopic (exact) mass is 290 g/mol. The third kappa shape index (κ3) is 1.65. The van der Waals surface area contributed by atoms with Gasteiger partial charge < -0.3 is 4.90 Å². The van der Waals surface area contributed by atoms with E-state index in [0.717, 1.165) is 37.7 Å². The number of carbonyl (C=O) groups is 2. The maximum atomic E-state index is 12.8. The molecule has 3 aliphatic rings. The summed E-state index contributed by atoms with van der Waals surface area (Å²) in [5.74, 6) is 0.0150. The molecule has 1 atom stereocenters. The van der Waals surface area contributed by atoms with Crippen molar-refractivity contribution in [3.63, 3.8) is 0 Å². The molecule has 20 heavy (non-hydrogen) atoms. The average molecular weight is 290 g/mol. The molecule has 3 amide bonds. The summed E-state index contributed by atoms with van der Waals surface area (Å²) in [5, 5.41) is 2.04. The first-order valence-electron chi connectivity index (χ1n) is 7.47. The molecular formula is C15H18N2O2S. The van der Waals surface area contributed by atoms with E-state index in [1.807, 2.05) is 11.4 Å². The molecule has 3 heterocycles. The van der Waals surface area contributed by atoms with Gasteiger partial charge in [0.2, 0.25) is 0 Å². The molecule has 4 nitrogen and oxygen atoms in total. The van der Waals surface area contributed by atoms with E-state index in [0.29, 0.717) is 6.54 Å². The second-order valence-electron chi connectivity index (χ2n) is 5.93. The summed E-state index contributed by atoms with van der Waals surface area (Å²) >= 11 is 1.71. The summed E-state index contributed by atoms with van der Waals surface area (Å²) in [4.78, 5) is 30.0. The van der Waals surface area contributed by atoms with Gasteiger partial charge in [0.15, 0.2) is 0 Å². The van der Waals surface area contributed by atoms with E-state index in [9.17, 15) is 9.59 Å². The number of fused-ring (bicyclic) bond motifs is 3. The first-order chi connectivity index (χ1) is 9.77. The number of urea groups is 1. The molecule has 2 aliphatic heterocycles. The lowest BCUT2D eigenvalue weighted by Gasteiger charge is -2.29. The Bertz CT molecular complexity index is 562. The highest BCUT2D eigenvalue weighted by Crippen LogP contribution is 2.41. The molecule has 106 valence electrons. The van der Waals surface area contributed by atoms with Gasteiger partial charge in [-0.3, -0.25) is 9.69 Å². The van der Waals surface area contributed by atoms with Gasteiger partial charge in [-0.15, -0.1) is 11.3 Å². The molecule has 1 aromatic heterocycles. The highest BCUT2D eigenvalue weighted by Gasteiger charge is 2.50. The van der Waals surface area contributed by atoms with E-state index < -0.39 is 0 Å². The number of amides is 3. The molecule has 1 saturated carbocycles. The van der Waals surface area contributed by atoms with Crippen molar-refractivity contribution in [2.75, 3.05) is 6.54 Å². The largest absolute Gasteiger partial charge is 0.328 e. The lowest BCUT2D eigenvalue weighted by Crippen LogP contribution is -2.42. The van der Waals surface area contributed by atoms with Gasteiger partial charge in [-0.25, -0.2) is 4.79 Å². The standard InChI is InChI=1S/C15H18N2O2S/c18-14-13-11-7-9-20-12(11)6-8-16(13)15(19)17(14)10-4-2-1-3-5-10/h7,9-10,13H,1-6,8H2. The predicted molar refractivity (Wildman–Crippen MR) is 76.6 cm³/mol. The van der Waals surface area contributed by atoms with Crippen LogP contribution < -0.4 is 0 Å². The molecule has 0 N–H and O–H groups in total. The minimum Gasteiger partial charge on any atom is -0.308 e. The maximum absolute atomic E-state index is 12.8. The minimum absolute atomic E-state index is 0.0150. The van der Waals surface area contributed by atoms with Crippen molar-refractivity contribution < 1.29 is 9.59 Å². The molecule has 5 heteroatoms. The zero-order chi connectivity index (χ0) is 13.7. The third-order valence-corrected chi connectivity index (χ3v) is 5.83. The van der Waals surface area contributed by atoms with Crippen molar-refractivity contribution in [3.05, 3.63) is 21.9 Å². The number of rotatable bonds is 1. The van der Waals surface area contributed by atoms with E-state index in [-0.39, 0.29) is 24.0 Å². The number of thiophene rings is 1. The van der Waals surface area contributed by atoms with Crippen molar-refractivity contribution in [2.24, 2.45) is 0 Å². The second kappa shape index (κ2) is 4.58. The van der Waals surface area contributed by atoms with Crippen molar-refractivity contribution in [3.8, 4) is 0 Å². The number of carbonyl (C=O) groups excluding carboxylic acids is 2. The van der Waals surface area contributed by atoms with Gasteiger partial charge in [-0.05, 0) is 36.3 Å². The van der Waals surface area contributed by atoms with Crippen LogP contribution in [0.15, 0.2) is 11.4 Å². The Labute approximate surface area is 122 Å². The Morgan fingerprint density at radius 1 is 1.15 bits per heavy atom. The third-order valence-electron chi connectivity index (χ3n) is 4.83. The molecule has 1 unspecified atom stereocenters. The molecule has 1 saturated heterocycles. The first-order valence-corrected chi connectivity index (χ1v) is 8.35. The molecule has 1 aliphatic carbocycles. The Balaban J connectivity index is 1.68. The van der Waals surface area contributed by atoms with E-state index in [1.165, 1.54) is 11.3 Å². The van der Waals surface area contributed by atoms with Crippen LogP contribution in [0.5, 0.6) is 0 Å². The van der Waals surface area contributed by atoms with Crippen LogP contribution in [0.4, 0.5) is 4.79 Å². The van der Waals surface area contributed by atoms with Crippen LogP contribution in [0.2, 0.25) is 0 Å². The van der Waals surface area contributed by atoms with E-state index in [1.54, 1.807) is 21.1 Å². The van der Waals surface area contributed by atoms with Gasteiger partial charge in [0, 0.05) is 17.5 Å². The SMILES string of the molecule is O=C1C2c3ccsc3CCN2C(=O)N1C1CCCCC1. The Morgan fingerprint density at radius 3 is 2.75 bits per heavy atom. The van der Waals surface area contributed by atoms with Gasteiger partial charge in [0.1, 0.15) is 6.04 Å². The first kappa shape index (κ1) is 12.4.